The molecular formula is C23H27F4N3O4S. The fourth-order valence-corrected chi connectivity index (χ4v) is 4.15. The van der Waals surface area contributed by atoms with Gasteiger partial charge in [-0.3, -0.25) is 13.7 Å². The topological polar surface area (TPSA) is 106 Å². The summed E-state index contributed by atoms with van der Waals surface area (Å²) in [6.45, 7) is 4.30. The summed E-state index contributed by atoms with van der Waals surface area (Å²) >= 11 is -2.44. The number of anilines is 1. The number of aromatic nitrogens is 1. The van der Waals surface area contributed by atoms with E-state index in [1.165, 1.54) is 25.2 Å². The van der Waals surface area contributed by atoms with Crippen molar-refractivity contribution in [2.45, 2.75) is 45.2 Å². The van der Waals surface area contributed by atoms with E-state index in [0.717, 1.165) is 22.9 Å². The van der Waals surface area contributed by atoms with Crippen molar-refractivity contribution in [1.82, 2.24) is 4.98 Å². The zero-order chi connectivity index (χ0) is 26.1. The van der Waals surface area contributed by atoms with Gasteiger partial charge < -0.3 is 10.5 Å². The monoisotopic (exact) mass is 517 g/mol. The lowest BCUT2D eigenvalue weighted by atomic mass is 9.91. The lowest BCUT2D eigenvalue weighted by Gasteiger charge is -2.19. The molecule has 1 aliphatic rings. The molecule has 35 heavy (non-hydrogen) atoms. The highest BCUT2D eigenvalue weighted by Gasteiger charge is 2.46. The quantitative estimate of drug-likeness (QED) is 0.358. The van der Waals surface area contributed by atoms with Gasteiger partial charge in [0.15, 0.2) is 0 Å². The number of hydrogen-bond acceptors (Lipinski definition) is 4. The van der Waals surface area contributed by atoms with Gasteiger partial charge in [-0.25, -0.2) is 13.6 Å². The molecule has 1 aromatic carbocycles. The van der Waals surface area contributed by atoms with Crippen LogP contribution in [0.4, 0.5) is 23.2 Å². The summed E-state index contributed by atoms with van der Waals surface area (Å²) in [5.74, 6) is -2.48. The summed E-state index contributed by atoms with van der Waals surface area (Å²) in [7, 11) is 1.22. The summed E-state index contributed by atoms with van der Waals surface area (Å²) < 4.78 is 81.0. The third-order valence-corrected chi connectivity index (χ3v) is 7.03. The predicted octanol–water partition coefficient (Wildman–Crippen LogP) is 4.44. The van der Waals surface area contributed by atoms with Crippen LogP contribution >= 0.6 is 0 Å². The van der Waals surface area contributed by atoms with Crippen LogP contribution in [-0.4, -0.2) is 33.3 Å². The predicted molar refractivity (Wildman–Crippen MR) is 122 cm³/mol. The highest BCUT2D eigenvalue weighted by molar-refractivity contribution is 7.80. The number of halogens is 4. The van der Waals surface area contributed by atoms with Crippen LogP contribution in [0.3, 0.4) is 0 Å². The zero-order valence-corrected chi connectivity index (χ0v) is 20.3. The number of hydrogen-bond donors (Lipinski definition) is 2. The lowest BCUT2D eigenvalue weighted by molar-refractivity contribution is -0.141. The minimum absolute atomic E-state index is 0.0613. The van der Waals surface area contributed by atoms with Gasteiger partial charge in [0.1, 0.15) is 11.5 Å². The zero-order valence-electron chi connectivity index (χ0n) is 19.4. The Morgan fingerprint density at radius 1 is 1.34 bits per heavy atom. The van der Waals surface area contributed by atoms with Crippen LogP contribution < -0.4 is 14.8 Å². The Bertz CT molecular complexity index is 1130. The van der Waals surface area contributed by atoms with Gasteiger partial charge in [0.25, 0.3) is 11.3 Å². The third kappa shape index (κ3) is 6.49. The summed E-state index contributed by atoms with van der Waals surface area (Å²) in [5.41, 5.74) is 4.96. The highest BCUT2D eigenvalue weighted by atomic mass is 32.2. The fraction of sp³-hybridized carbons (Fsp3) is 0.478. The summed E-state index contributed by atoms with van der Waals surface area (Å²) in [5, 5.41) is 0. The molecule has 0 saturated heterocycles. The van der Waals surface area contributed by atoms with E-state index in [1.807, 2.05) is 13.8 Å². The maximum atomic E-state index is 14.5. The minimum Gasteiger partial charge on any atom is -0.477 e. The van der Waals surface area contributed by atoms with E-state index in [1.54, 1.807) is 0 Å². The molecule has 0 spiro atoms. The third-order valence-electron chi connectivity index (χ3n) is 6.36. The SMILES string of the molecule is CN(c1ccc(C(CCc2ccc(C(F)(F)F)nc2OCC2CC2(C)C)C(N)=O)cc1F)S(=O)O. The van der Waals surface area contributed by atoms with Gasteiger partial charge in [-0.15, -0.1) is 0 Å². The first-order chi connectivity index (χ1) is 16.2. The van der Waals surface area contributed by atoms with E-state index in [4.69, 9.17) is 15.0 Å². The van der Waals surface area contributed by atoms with Crippen LogP contribution in [-0.2, 0) is 28.7 Å². The van der Waals surface area contributed by atoms with Gasteiger partial charge in [-0.1, -0.05) is 26.0 Å². The van der Waals surface area contributed by atoms with Crippen LogP contribution in [0, 0.1) is 17.2 Å². The number of benzene rings is 1. The van der Waals surface area contributed by atoms with Crippen LogP contribution in [0.2, 0.25) is 0 Å². The number of carbonyl (C=O) groups excluding carboxylic acids is 1. The van der Waals surface area contributed by atoms with Crippen molar-refractivity contribution in [3.8, 4) is 5.88 Å². The second kappa shape index (κ2) is 10.1. The molecule has 1 saturated carbocycles. The van der Waals surface area contributed by atoms with Gasteiger partial charge in [0, 0.05) is 12.6 Å². The maximum absolute atomic E-state index is 14.5. The average Bonchev–Trinajstić information content (AvgIpc) is 3.37. The van der Waals surface area contributed by atoms with E-state index < -0.39 is 40.8 Å². The standard InChI is InChI=1S/C23H27F4N3O4S/c1-22(2)11-15(22)12-34-21-13(6-9-19(29-21)23(25,26)27)4-7-16(20(28)31)14-5-8-18(17(24)10-14)30(3)35(32)33/h5-6,8-10,15-16H,4,7,11-12H2,1-3H3,(H2,28,31)(H,32,33). The van der Waals surface area contributed by atoms with Crippen molar-refractivity contribution >= 4 is 22.9 Å². The maximum Gasteiger partial charge on any atom is 0.433 e. The molecule has 3 atom stereocenters. The molecular weight excluding hydrogens is 490 g/mol. The van der Waals surface area contributed by atoms with Crippen molar-refractivity contribution in [1.29, 1.82) is 0 Å². The molecule has 0 radical (unpaired) electrons. The molecule has 2 aromatic rings. The summed E-state index contributed by atoms with van der Waals surface area (Å²) in [6.07, 6.45) is -3.58. The van der Waals surface area contributed by atoms with E-state index >= 15 is 0 Å². The Hall–Kier alpha value is -2.73. The van der Waals surface area contributed by atoms with Crippen molar-refractivity contribution < 1.29 is 35.9 Å². The van der Waals surface area contributed by atoms with Crippen LogP contribution in [0.15, 0.2) is 30.3 Å². The lowest BCUT2D eigenvalue weighted by Crippen LogP contribution is -2.23. The largest absolute Gasteiger partial charge is 0.477 e. The van der Waals surface area contributed by atoms with Crippen molar-refractivity contribution in [2.24, 2.45) is 17.1 Å². The van der Waals surface area contributed by atoms with Crippen LogP contribution in [0.25, 0.3) is 0 Å². The number of alkyl halides is 3. The highest BCUT2D eigenvalue weighted by Crippen LogP contribution is 2.51. The van der Waals surface area contributed by atoms with E-state index in [0.29, 0.717) is 5.56 Å². The second-order valence-corrected chi connectivity index (χ2v) is 10.3. The number of rotatable bonds is 10. The number of aryl methyl sites for hydroxylation is 1. The molecule has 1 aromatic heterocycles. The summed E-state index contributed by atoms with van der Waals surface area (Å²) in [4.78, 5) is 15.8. The number of pyridine rings is 1. The number of amides is 1. The van der Waals surface area contributed by atoms with Crippen molar-refractivity contribution in [3.05, 3.63) is 53.0 Å². The molecule has 3 rings (SSSR count). The number of nitrogens with two attached hydrogens (primary N) is 1. The first-order valence-corrected chi connectivity index (χ1v) is 11.9. The Morgan fingerprint density at radius 3 is 2.51 bits per heavy atom. The Balaban J connectivity index is 1.81. The number of nitrogens with zero attached hydrogens (tertiary/aromatic N) is 2. The normalized spacial score (nSPS) is 18.6. The molecule has 192 valence electrons. The molecule has 1 amide bonds. The number of carbonyl (C=O) groups is 1. The molecule has 1 fully saturated rings. The first kappa shape index (κ1) is 26.9. The molecule has 0 aliphatic heterocycles. The van der Waals surface area contributed by atoms with Gasteiger partial charge in [-0.05, 0) is 54.4 Å². The Labute approximate surface area is 203 Å². The van der Waals surface area contributed by atoms with Crippen LogP contribution in [0.1, 0.15) is 49.4 Å². The van der Waals surface area contributed by atoms with Gasteiger partial charge in [0.05, 0.1) is 18.2 Å². The Morgan fingerprint density at radius 2 is 2.00 bits per heavy atom. The average molecular weight is 518 g/mol. The number of primary amides is 1. The molecule has 1 heterocycles. The molecule has 12 heteroatoms. The summed E-state index contributed by atoms with van der Waals surface area (Å²) in [6, 6.07) is 5.82. The molecule has 0 bridgehead atoms. The molecule has 1 aliphatic carbocycles. The van der Waals surface area contributed by atoms with Crippen molar-refractivity contribution in [2.75, 3.05) is 18.0 Å². The van der Waals surface area contributed by atoms with Gasteiger partial charge in [-0.2, -0.15) is 13.2 Å². The van der Waals surface area contributed by atoms with Crippen molar-refractivity contribution in [3.63, 3.8) is 0 Å². The fourth-order valence-electron chi connectivity index (χ4n) is 3.84. The molecule has 7 nitrogen and oxygen atoms in total. The minimum atomic E-state index is -4.64. The smallest absolute Gasteiger partial charge is 0.433 e. The molecule has 3 N–H and O–H groups in total. The first-order valence-electron chi connectivity index (χ1n) is 10.8. The Kier molecular flexibility index (Phi) is 7.75. The van der Waals surface area contributed by atoms with Gasteiger partial charge >= 0.3 is 6.18 Å². The van der Waals surface area contributed by atoms with Gasteiger partial charge in [0.2, 0.25) is 11.8 Å². The number of ether oxygens (including phenoxy) is 1. The molecule has 3 unspecified atom stereocenters. The van der Waals surface area contributed by atoms with Crippen LogP contribution in [0.5, 0.6) is 5.88 Å². The van der Waals surface area contributed by atoms with E-state index in [2.05, 4.69) is 4.98 Å². The van der Waals surface area contributed by atoms with E-state index in [9.17, 15) is 26.6 Å². The van der Waals surface area contributed by atoms with E-state index in [-0.39, 0.29) is 47.9 Å². The second-order valence-electron chi connectivity index (χ2n) is 9.29.